The summed E-state index contributed by atoms with van der Waals surface area (Å²) >= 11 is 0. The minimum Gasteiger partial charge on any atom is -0.478 e. The smallest absolute Gasteiger partial charge is 0.335 e. The lowest BCUT2D eigenvalue weighted by Gasteiger charge is -2.12. The van der Waals surface area contributed by atoms with Crippen LogP contribution in [0.25, 0.3) is 0 Å². The van der Waals surface area contributed by atoms with E-state index in [9.17, 15) is 9.59 Å². The first-order chi connectivity index (χ1) is 11.0. The first-order valence-corrected chi connectivity index (χ1v) is 7.70. The second-order valence-corrected chi connectivity index (χ2v) is 5.34. The molecule has 2 N–H and O–H groups in total. The number of nitrogens with one attached hydrogen (secondary N) is 1. The largest absolute Gasteiger partial charge is 0.478 e. The van der Waals surface area contributed by atoms with E-state index < -0.39 is 5.97 Å². The van der Waals surface area contributed by atoms with Gasteiger partial charge in [-0.05, 0) is 36.6 Å². The molecular weight excluding hydrogens is 294 g/mol. The Bertz CT molecular complexity index is 673. The fraction of sp³-hybridized carbons (Fsp3) is 0.353. The minimum atomic E-state index is -0.965. The fourth-order valence-corrected chi connectivity index (χ4v) is 2.36. The molecule has 0 unspecified atom stereocenters. The monoisotopic (exact) mass is 315 g/mol. The van der Waals surface area contributed by atoms with Gasteiger partial charge in [0, 0.05) is 12.7 Å². The summed E-state index contributed by atoms with van der Waals surface area (Å²) < 4.78 is 1.83. The summed E-state index contributed by atoms with van der Waals surface area (Å²) in [4.78, 5) is 22.9. The van der Waals surface area contributed by atoms with E-state index in [4.69, 9.17) is 5.11 Å². The van der Waals surface area contributed by atoms with Gasteiger partial charge in [0.15, 0.2) is 0 Å². The summed E-state index contributed by atoms with van der Waals surface area (Å²) in [5.74, 6) is -1.20. The molecule has 0 bridgehead atoms. The van der Waals surface area contributed by atoms with Crippen LogP contribution >= 0.6 is 0 Å². The van der Waals surface area contributed by atoms with Crippen LogP contribution in [0.1, 0.15) is 59.1 Å². The average molecular weight is 315 g/mol. The molecule has 2 rings (SSSR count). The fourth-order valence-electron chi connectivity index (χ4n) is 2.36. The van der Waals surface area contributed by atoms with Crippen molar-refractivity contribution < 1.29 is 14.7 Å². The first-order valence-electron chi connectivity index (χ1n) is 7.70. The van der Waals surface area contributed by atoms with Crippen molar-refractivity contribution in [3.63, 3.8) is 0 Å². The Balaban J connectivity index is 1.95. The van der Waals surface area contributed by atoms with Crippen LogP contribution in [0.2, 0.25) is 0 Å². The van der Waals surface area contributed by atoms with Crippen molar-refractivity contribution in [1.82, 2.24) is 15.1 Å². The summed E-state index contributed by atoms with van der Waals surface area (Å²) in [6.45, 7) is 4.52. The average Bonchev–Trinajstić information content (AvgIpc) is 3.04. The van der Waals surface area contributed by atoms with E-state index in [1.165, 1.54) is 12.1 Å². The van der Waals surface area contributed by atoms with Crippen LogP contribution in [-0.2, 0) is 6.54 Å². The number of carbonyl (C=O) groups excluding carboxylic acids is 1. The predicted octanol–water partition coefficient (Wildman–Crippen LogP) is 2.87. The van der Waals surface area contributed by atoms with Crippen LogP contribution in [0.15, 0.2) is 36.5 Å². The number of hydrogen-bond donors (Lipinski definition) is 2. The Morgan fingerprint density at radius 2 is 1.83 bits per heavy atom. The molecule has 0 aliphatic rings. The van der Waals surface area contributed by atoms with Crippen LogP contribution in [-0.4, -0.2) is 26.8 Å². The number of hydrogen-bond acceptors (Lipinski definition) is 3. The van der Waals surface area contributed by atoms with Gasteiger partial charge in [0.2, 0.25) is 0 Å². The van der Waals surface area contributed by atoms with Gasteiger partial charge in [0.1, 0.15) is 5.69 Å². The number of nitrogens with zero attached hydrogens (tertiary/aromatic N) is 2. The number of carboxylic acids is 1. The molecule has 0 aliphatic heterocycles. The van der Waals surface area contributed by atoms with Gasteiger partial charge in [-0.25, -0.2) is 4.79 Å². The lowest BCUT2D eigenvalue weighted by molar-refractivity contribution is 0.0696. The van der Waals surface area contributed by atoms with Gasteiger partial charge in [-0.15, -0.1) is 0 Å². The number of rotatable bonds is 7. The highest BCUT2D eigenvalue weighted by atomic mass is 16.4. The quantitative estimate of drug-likeness (QED) is 0.823. The number of amides is 1. The highest BCUT2D eigenvalue weighted by Gasteiger charge is 2.13. The number of benzene rings is 1. The molecule has 1 amide bonds. The standard InChI is InChI=1S/C17H21N3O3/c1-3-14(4-2)20-10-9-15(19-20)16(21)18-11-12-5-7-13(8-6-12)17(22)23/h5-10,14H,3-4,11H2,1-2H3,(H,18,21)(H,22,23). The highest BCUT2D eigenvalue weighted by molar-refractivity contribution is 5.92. The SMILES string of the molecule is CCC(CC)n1ccc(C(=O)NCc2ccc(C(=O)O)cc2)n1. The van der Waals surface area contributed by atoms with Crippen LogP contribution < -0.4 is 5.32 Å². The zero-order chi connectivity index (χ0) is 16.8. The molecule has 1 aromatic heterocycles. The summed E-state index contributed by atoms with van der Waals surface area (Å²) in [5.41, 5.74) is 1.45. The number of carboxylic acid groups (broad SMARTS) is 1. The van der Waals surface area contributed by atoms with Gasteiger partial charge in [-0.2, -0.15) is 5.10 Å². The van der Waals surface area contributed by atoms with E-state index in [2.05, 4.69) is 24.3 Å². The molecule has 0 fully saturated rings. The van der Waals surface area contributed by atoms with Crippen LogP contribution in [0.5, 0.6) is 0 Å². The number of carbonyl (C=O) groups is 2. The van der Waals surface area contributed by atoms with Crippen molar-refractivity contribution in [3.8, 4) is 0 Å². The van der Waals surface area contributed by atoms with E-state index in [1.807, 2.05) is 10.9 Å². The summed E-state index contributed by atoms with van der Waals surface area (Å²) in [5, 5.41) is 16.0. The molecule has 0 atom stereocenters. The van der Waals surface area contributed by atoms with Crippen molar-refractivity contribution in [2.75, 3.05) is 0 Å². The van der Waals surface area contributed by atoms with Gasteiger partial charge in [-0.1, -0.05) is 26.0 Å². The van der Waals surface area contributed by atoms with Gasteiger partial charge in [0.05, 0.1) is 11.6 Å². The zero-order valence-corrected chi connectivity index (χ0v) is 13.3. The van der Waals surface area contributed by atoms with Crippen LogP contribution in [0.4, 0.5) is 0 Å². The molecule has 0 spiro atoms. The van der Waals surface area contributed by atoms with Crippen LogP contribution in [0, 0.1) is 0 Å². The van der Waals surface area contributed by atoms with E-state index in [-0.39, 0.29) is 11.5 Å². The third-order valence-electron chi connectivity index (χ3n) is 3.81. The molecule has 1 heterocycles. The Kier molecular flexibility index (Phi) is 5.51. The summed E-state index contributed by atoms with van der Waals surface area (Å²) in [6, 6.07) is 8.43. The first kappa shape index (κ1) is 16.7. The second-order valence-electron chi connectivity index (χ2n) is 5.34. The molecule has 122 valence electrons. The van der Waals surface area contributed by atoms with Gasteiger partial charge < -0.3 is 10.4 Å². The van der Waals surface area contributed by atoms with E-state index in [0.717, 1.165) is 18.4 Å². The summed E-state index contributed by atoms with van der Waals surface area (Å²) in [6.07, 6.45) is 3.76. The van der Waals surface area contributed by atoms with Crippen LogP contribution in [0.3, 0.4) is 0 Å². The van der Waals surface area contributed by atoms with E-state index in [0.29, 0.717) is 18.3 Å². The third kappa shape index (κ3) is 4.18. The maximum absolute atomic E-state index is 12.1. The van der Waals surface area contributed by atoms with Gasteiger partial charge >= 0.3 is 5.97 Å². The van der Waals surface area contributed by atoms with Gasteiger partial charge in [0.25, 0.3) is 5.91 Å². The Labute approximate surface area is 135 Å². The molecule has 0 saturated heterocycles. The molecule has 0 radical (unpaired) electrons. The maximum atomic E-state index is 12.1. The van der Waals surface area contributed by atoms with E-state index >= 15 is 0 Å². The van der Waals surface area contributed by atoms with Crippen molar-refractivity contribution in [2.45, 2.75) is 39.3 Å². The summed E-state index contributed by atoms with van der Waals surface area (Å²) in [7, 11) is 0. The predicted molar refractivity (Wildman–Crippen MR) is 86.4 cm³/mol. The highest BCUT2D eigenvalue weighted by Crippen LogP contribution is 2.14. The topological polar surface area (TPSA) is 84.2 Å². The maximum Gasteiger partial charge on any atom is 0.335 e. The van der Waals surface area contributed by atoms with E-state index in [1.54, 1.807) is 18.2 Å². The van der Waals surface area contributed by atoms with Crippen molar-refractivity contribution >= 4 is 11.9 Å². The molecule has 1 aromatic carbocycles. The number of aromatic carboxylic acids is 1. The molecule has 0 aliphatic carbocycles. The van der Waals surface area contributed by atoms with Crippen molar-refractivity contribution in [1.29, 1.82) is 0 Å². The Hall–Kier alpha value is -2.63. The molecule has 6 heteroatoms. The Morgan fingerprint density at radius 1 is 1.17 bits per heavy atom. The second kappa shape index (κ2) is 7.58. The lowest BCUT2D eigenvalue weighted by atomic mass is 10.1. The third-order valence-corrected chi connectivity index (χ3v) is 3.81. The van der Waals surface area contributed by atoms with Gasteiger partial charge in [-0.3, -0.25) is 9.48 Å². The minimum absolute atomic E-state index is 0.226. The molecule has 6 nitrogen and oxygen atoms in total. The molecule has 23 heavy (non-hydrogen) atoms. The molecule has 0 saturated carbocycles. The Morgan fingerprint density at radius 3 is 2.39 bits per heavy atom. The zero-order valence-electron chi connectivity index (χ0n) is 13.3. The van der Waals surface area contributed by atoms with Crippen molar-refractivity contribution in [2.24, 2.45) is 0 Å². The van der Waals surface area contributed by atoms with Crippen molar-refractivity contribution in [3.05, 3.63) is 53.3 Å². The number of aromatic nitrogens is 2. The lowest BCUT2D eigenvalue weighted by Crippen LogP contribution is -2.23. The molecule has 2 aromatic rings. The molecular formula is C17H21N3O3. The normalized spacial score (nSPS) is 10.7.